The molecular weight excluding hydrogens is 155 g/mol. The molecule has 0 aliphatic rings. The van der Waals surface area contributed by atoms with Gasteiger partial charge in [-0.15, -0.1) is 0 Å². The lowest BCUT2D eigenvalue weighted by molar-refractivity contribution is 0.823. The molecule has 60 valence electrons. The van der Waals surface area contributed by atoms with Gasteiger partial charge in [0.2, 0.25) is 0 Å². The second-order valence-electron chi connectivity index (χ2n) is 2.69. The Morgan fingerprint density at radius 2 is 1.91 bits per heavy atom. The minimum atomic E-state index is 0.492. The molecule has 0 spiro atoms. The summed E-state index contributed by atoms with van der Waals surface area (Å²) in [6.45, 7) is 6.43. The quantitative estimate of drug-likeness (QED) is 0.626. The Hall–Kier alpha value is -0.490. The first-order valence-electron chi connectivity index (χ1n) is 3.74. The summed E-state index contributed by atoms with van der Waals surface area (Å²) in [5.74, 6) is 0.492. The molecule has 0 aromatic carbocycles. The summed E-state index contributed by atoms with van der Waals surface area (Å²) in [5, 5.41) is 0. The molecule has 1 heterocycles. The first kappa shape index (κ1) is 8.61. The maximum absolute atomic E-state index is 4.29. The van der Waals surface area contributed by atoms with Gasteiger partial charge in [-0.1, -0.05) is 22.4 Å². The van der Waals surface area contributed by atoms with Crippen LogP contribution in [0.15, 0.2) is 12.4 Å². The molecule has 1 rings (SSSR count). The minimum absolute atomic E-state index is 0.492. The summed E-state index contributed by atoms with van der Waals surface area (Å²) < 4.78 is 0. The Labute approximate surface area is 69.2 Å². The van der Waals surface area contributed by atoms with Crippen LogP contribution in [-0.4, -0.2) is 16.6 Å². The largest absolute Gasteiger partial charge is 0.257 e. The van der Waals surface area contributed by atoms with Gasteiger partial charge in [0.05, 0.1) is 11.1 Å². The summed E-state index contributed by atoms with van der Waals surface area (Å²) in [4.78, 5) is 8.56. The molecule has 0 saturated heterocycles. The lowest BCUT2D eigenvalue weighted by atomic mass is 10.1. The van der Waals surface area contributed by atoms with Crippen LogP contribution in [0.2, 0.25) is 0 Å². The lowest BCUT2D eigenvalue weighted by Gasteiger charge is -2.07. The summed E-state index contributed by atoms with van der Waals surface area (Å²) in [6, 6.07) is 0. The van der Waals surface area contributed by atoms with E-state index in [4.69, 9.17) is 0 Å². The Balaban J connectivity index is 3.02. The third kappa shape index (κ3) is 1.97. The fourth-order valence-corrected chi connectivity index (χ4v) is 1.78. The highest BCUT2D eigenvalue weighted by atomic mass is 31.1. The van der Waals surface area contributed by atoms with Crippen molar-refractivity contribution < 1.29 is 0 Å². The smallest absolute Gasteiger partial charge is 0.0813 e. The maximum atomic E-state index is 4.29. The van der Waals surface area contributed by atoms with Crippen LogP contribution in [-0.2, 0) is 0 Å². The van der Waals surface area contributed by atoms with Crippen molar-refractivity contribution in [3.05, 3.63) is 18.1 Å². The first-order valence-corrected chi connectivity index (χ1v) is 5.24. The molecule has 1 aromatic rings. The van der Waals surface area contributed by atoms with Gasteiger partial charge in [-0.05, 0) is 12.6 Å². The van der Waals surface area contributed by atoms with Crippen LogP contribution >= 0.6 is 8.58 Å². The molecule has 1 aromatic heterocycles. The Morgan fingerprint density at radius 1 is 1.27 bits per heavy atom. The van der Waals surface area contributed by atoms with Crippen molar-refractivity contribution in [3.63, 3.8) is 0 Å². The molecule has 3 heteroatoms. The predicted molar refractivity (Wildman–Crippen MR) is 50.0 cm³/mol. The van der Waals surface area contributed by atoms with Crippen molar-refractivity contribution in [2.45, 2.75) is 19.8 Å². The zero-order valence-corrected chi connectivity index (χ0v) is 8.13. The second-order valence-corrected chi connectivity index (χ2v) is 3.67. The average molecular weight is 168 g/mol. The van der Waals surface area contributed by atoms with Crippen molar-refractivity contribution in [1.29, 1.82) is 0 Å². The molecule has 0 aliphatic carbocycles. The van der Waals surface area contributed by atoms with Crippen molar-refractivity contribution in [2.24, 2.45) is 0 Å². The Kier molecular flexibility index (Phi) is 2.95. The highest BCUT2D eigenvalue weighted by Crippen LogP contribution is 2.12. The monoisotopic (exact) mass is 168 g/mol. The van der Waals surface area contributed by atoms with Crippen LogP contribution in [0.25, 0.3) is 0 Å². The predicted octanol–water partition coefficient (Wildman–Crippen LogP) is 1.53. The van der Waals surface area contributed by atoms with E-state index in [1.807, 2.05) is 0 Å². The van der Waals surface area contributed by atoms with Crippen LogP contribution in [0.5, 0.6) is 0 Å². The van der Waals surface area contributed by atoms with Crippen molar-refractivity contribution in [3.8, 4) is 0 Å². The van der Waals surface area contributed by atoms with Gasteiger partial charge in [-0.2, -0.15) is 0 Å². The molecule has 1 atom stereocenters. The van der Waals surface area contributed by atoms with Gasteiger partial charge >= 0.3 is 0 Å². The van der Waals surface area contributed by atoms with E-state index in [1.165, 1.54) is 0 Å². The highest BCUT2D eigenvalue weighted by molar-refractivity contribution is 7.46. The van der Waals surface area contributed by atoms with E-state index in [-0.39, 0.29) is 0 Å². The average Bonchev–Trinajstić information content (AvgIpc) is 2.04. The van der Waals surface area contributed by atoms with E-state index < -0.39 is 0 Å². The second kappa shape index (κ2) is 3.77. The standard InChI is InChI=1S/C8H13N2P/c1-6(2)7-8(11-3)10-5-4-9-7/h4-6,11H,1-3H3. The van der Waals surface area contributed by atoms with Gasteiger partial charge in [0, 0.05) is 12.4 Å². The number of aromatic nitrogens is 2. The Bertz CT molecular complexity index is 235. The summed E-state index contributed by atoms with van der Waals surface area (Å²) in [6.07, 6.45) is 3.52. The Morgan fingerprint density at radius 3 is 2.36 bits per heavy atom. The number of rotatable bonds is 2. The molecule has 1 unspecified atom stereocenters. The highest BCUT2D eigenvalue weighted by Gasteiger charge is 2.05. The van der Waals surface area contributed by atoms with Crippen molar-refractivity contribution >= 4 is 14.0 Å². The molecule has 0 fully saturated rings. The third-order valence-corrected chi connectivity index (χ3v) is 2.37. The molecule has 0 aliphatic heterocycles. The zero-order chi connectivity index (χ0) is 8.27. The van der Waals surface area contributed by atoms with Crippen molar-refractivity contribution in [2.75, 3.05) is 6.66 Å². The molecule has 2 nitrogen and oxygen atoms in total. The summed E-state index contributed by atoms with van der Waals surface area (Å²) >= 11 is 0. The number of nitrogens with zero attached hydrogens (tertiary/aromatic N) is 2. The molecule has 0 amide bonds. The van der Waals surface area contributed by atoms with Gasteiger partial charge in [-0.3, -0.25) is 9.97 Å². The normalized spacial score (nSPS) is 11.6. The van der Waals surface area contributed by atoms with E-state index in [1.54, 1.807) is 12.4 Å². The van der Waals surface area contributed by atoms with Crippen LogP contribution in [0.3, 0.4) is 0 Å². The fraction of sp³-hybridized carbons (Fsp3) is 0.500. The van der Waals surface area contributed by atoms with Crippen molar-refractivity contribution in [1.82, 2.24) is 9.97 Å². The first-order chi connectivity index (χ1) is 5.25. The summed E-state index contributed by atoms with van der Waals surface area (Å²) in [5.41, 5.74) is 2.30. The lowest BCUT2D eigenvalue weighted by Crippen LogP contribution is -2.11. The van der Waals surface area contributed by atoms with E-state index in [9.17, 15) is 0 Å². The van der Waals surface area contributed by atoms with E-state index >= 15 is 0 Å². The summed E-state index contributed by atoms with van der Waals surface area (Å²) in [7, 11) is 0.748. The molecule has 0 bridgehead atoms. The van der Waals surface area contributed by atoms with Crippen LogP contribution < -0.4 is 5.44 Å². The van der Waals surface area contributed by atoms with Gasteiger partial charge in [-0.25, -0.2) is 0 Å². The maximum Gasteiger partial charge on any atom is 0.0813 e. The zero-order valence-electron chi connectivity index (χ0n) is 7.13. The third-order valence-electron chi connectivity index (χ3n) is 1.51. The van der Waals surface area contributed by atoms with E-state index in [0.717, 1.165) is 19.7 Å². The number of hydrogen-bond donors (Lipinski definition) is 0. The van der Waals surface area contributed by atoms with Gasteiger partial charge in [0.1, 0.15) is 0 Å². The van der Waals surface area contributed by atoms with Gasteiger partial charge in [0.25, 0.3) is 0 Å². The van der Waals surface area contributed by atoms with E-state index in [2.05, 4.69) is 30.5 Å². The molecule has 0 N–H and O–H groups in total. The molecule has 0 radical (unpaired) electrons. The van der Waals surface area contributed by atoms with Crippen LogP contribution in [0.1, 0.15) is 25.5 Å². The van der Waals surface area contributed by atoms with Crippen LogP contribution in [0.4, 0.5) is 0 Å². The molecule has 11 heavy (non-hydrogen) atoms. The van der Waals surface area contributed by atoms with Gasteiger partial charge in [0.15, 0.2) is 0 Å². The number of hydrogen-bond acceptors (Lipinski definition) is 2. The van der Waals surface area contributed by atoms with Gasteiger partial charge < -0.3 is 0 Å². The SMILES string of the molecule is CPc1nccnc1C(C)C. The molecular formula is C8H13N2P. The topological polar surface area (TPSA) is 25.8 Å². The van der Waals surface area contributed by atoms with Crippen LogP contribution in [0, 0.1) is 0 Å². The minimum Gasteiger partial charge on any atom is -0.257 e. The van der Waals surface area contributed by atoms with E-state index in [0.29, 0.717) is 5.92 Å². The molecule has 0 saturated carbocycles. The fourth-order valence-electron chi connectivity index (χ4n) is 0.964.